The van der Waals surface area contributed by atoms with Crippen LogP contribution in [0.15, 0.2) is 17.8 Å². The summed E-state index contributed by atoms with van der Waals surface area (Å²) in [5, 5.41) is 4.36. The number of aldehydes is 1. The second-order valence-electron chi connectivity index (χ2n) is 6.17. The molecule has 0 aromatic carbocycles. The van der Waals surface area contributed by atoms with Gasteiger partial charge >= 0.3 is 0 Å². The molecule has 24 heavy (non-hydrogen) atoms. The SMILES string of the molecule is O=Cc1cnc(CN2CCCC2)s1.c1csc(CN2CCCC2)n1. The fourth-order valence-electron chi connectivity index (χ4n) is 3.05. The molecule has 0 bridgehead atoms. The molecule has 0 saturated carbocycles. The fourth-order valence-corrected chi connectivity index (χ4v) is 4.48. The fraction of sp³-hybridized carbons (Fsp3) is 0.588. The number of hydrogen-bond donors (Lipinski definition) is 0. The van der Waals surface area contributed by atoms with Crippen LogP contribution >= 0.6 is 22.7 Å². The molecular formula is C17H24N4OS2. The van der Waals surface area contributed by atoms with E-state index in [1.165, 1.54) is 68.2 Å². The zero-order valence-corrected chi connectivity index (χ0v) is 15.5. The van der Waals surface area contributed by atoms with E-state index in [0.29, 0.717) is 0 Å². The largest absolute Gasteiger partial charge is 0.297 e. The average Bonchev–Trinajstić information content (AvgIpc) is 3.38. The molecule has 2 fully saturated rings. The topological polar surface area (TPSA) is 49.3 Å². The number of thiazole rings is 2. The van der Waals surface area contributed by atoms with Gasteiger partial charge in [0.2, 0.25) is 0 Å². The van der Waals surface area contributed by atoms with Crippen LogP contribution < -0.4 is 0 Å². The molecule has 2 aromatic heterocycles. The van der Waals surface area contributed by atoms with Crippen molar-refractivity contribution in [3.05, 3.63) is 32.7 Å². The molecule has 2 aliphatic heterocycles. The molecule has 2 aliphatic rings. The molecule has 2 aromatic rings. The minimum atomic E-state index is 0.731. The molecule has 0 aliphatic carbocycles. The van der Waals surface area contributed by atoms with Crippen molar-refractivity contribution >= 4 is 29.0 Å². The van der Waals surface area contributed by atoms with Gasteiger partial charge in [-0.25, -0.2) is 9.97 Å². The first kappa shape index (κ1) is 17.7. The van der Waals surface area contributed by atoms with E-state index in [2.05, 4.69) is 19.8 Å². The van der Waals surface area contributed by atoms with Crippen molar-refractivity contribution in [1.82, 2.24) is 19.8 Å². The van der Waals surface area contributed by atoms with E-state index >= 15 is 0 Å². The van der Waals surface area contributed by atoms with Crippen LogP contribution in [0, 0.1) is 0 Å². The average molecular weight is 365 g/mol. The lowest BCUT2D eigenvalue weighted by molar-refractivity contribution is 0.112. The summed E-state index contributed by atoms with van der Waals surface area (Å²) in [4.78, 5) is 24.5. The maximum atomic E-state index is 10.4. The molecule has 0 amide bonds. The second kappa shape index (κ2) is 9.36. The van der Waals surface area contributed by atoms with E-state index in [4.69, 9.17) is 0 Å². The summed E-state index contributed by atoms with van der Waals surface area (Å²) in [6, 6.07) is 0. The number of hydrogen-bond acceptors (Lipinski definition) is 7. The molecule has 0 spiro atoms. The van der Waals surface area contributed by atoms with Gasteiger partial charge in [0.05, 0.1) is 18.0 Å². The zero-order valence-electron chi connectivity index (χ0n) is 13.9. The first-order valence-corrected chi connectivity index (χ1v) is 10.3. The Morgan fingerprint density at radius 2 is 1.58 bits per heavy atom. The lowest BCUT2D eigenvalue weighted by atomic mass is 10.4. The lowest BCUT2D eigenvalue weighted by Gasteiger charge is -2.11. The monoisotopic (exact) mass is 364 g/mol. The van der Waals surface area contributed by atoms with Crippen molar-refractivity contribution in [3.63, 3.8) is 0 Å². The van der Waals surface area contributed by atoms with Crippen molar-refractivity contribution in [2.24, 2.45) is 0 Å². The summed E-state index contributed by atoms with van der Waals surface area (Å²) in [6.07, 6.45) is 9.73. The molecule has 130 valence electrons. The minimum absolute atomic E-state index is 0.731. The third-order valence-corrected chi connectivity index (χ3v) is 5.96. The third-order valence-electron chi connectivity index (χ3n) is 4.29. The van der Waals surface area contributed by atoms with E-state index in [1.54, 1.807) is 17.5 Å². The van der Waals surface area contributed by atoms with Gasteiger partial charge in [0, 0.05) is 17.8 Å². The predicted molar refractivity (Wildman–Crippen MR) is 98.6 cm³/mol. The van der Waals surface area contributed by atoms with Crippen molar-refractivity contribution < 1.29 is 4.79 Å². The van der Waals surface area contributed by atoms with Crippen molar-refractivity contribution in [3.8, 4) is 0 Å². The van der Waals surface area contributed by atoms with E-state index in [9.17, 15) is 4.79 Å². The molecular weight excluding hydrogens is 340 g/mol. The summed E-state index contributed by atoms with van der Waals surface area (Å²) >= 11 is 3.26. The minimum Gasteiger partial charge on any atom is -0.297 e. The first-order valence-electron chi connectivity index (χ1n) is 8.56. The van der Waals surface area contributed by atoms with Crippen LogP contribution in [0.1, 0.15) is 45.4 Å². The van der Waals surface area contributed by atoms with Gasteiger partial charge in [-0.2, -0.15) is 0 Å². The van der Waals surface area contributed by atoms with E-state index in [0.717, 1.165) is 29.3 Å². The Morgan fingerprint density at radius 3 is 2.08 bits per heavy atom. The first-order chi connectivity index (χ1) is 11.8. The van der Waals surface area contributed by atoms with E-state index in [-0.39, 0.29) is 0 Å². The van der Waals surface area contributed by atoms with Gasteiger partial charge in [-0.15, -0.1) is 22.7 Å². The van der Waals surface area contributed by atoms with Gasteiger partial charge in [0.25, 0.3) is 0 Å². The van der Waals surface area contributed by atoms with Crippen LogP contribution in [0.5, 0.6) is 0 Å². The van der Waals surface area contributed by atoms with E-state index < -0.39 is 0 Å². The van der Waals surface area contributed by atoms with Crippen molar-refractivity contribution in [1.29, 1.82) is 0 Å². The lowest BCUT2D eigenvalue weighted by Crippen LogP contribution is -2.17. The Labute approximate surface area is 151 Å². The highest BCUT2D eigenvalue weighted by molar-refractivity contribution is 7.13. The Morgan fingerprint density at radius 1 is 0.958 bits per heavy atom. The van der Waals surface area contributed by atoms with Crippen molar-refractivity contribution in [2.45, 2.75) is 38.8 Å². The number of aromatic nitrogens is 2. The number of carbonyl (C=O) groups excluding carboxylic acids is 1. The number of carbonyl (C=O) groups is 1. The Hall–Kier alpha value is -1.15. The quantitative estimate of drug-likeness (QED) is 0.762. The van der Waals surface area contributed by atoms with Crippen LogP contribution in [-0.2, 0) is 13.1 Å². The van der Waals surface area contributed by atoms with Crippen LogP contribution in [0.2, 0.25) is 0 Å². The Kier molecular flexibility index (Phi) is 6.89. The summed E-state index contributed by atoms with van der Waals surface area (Å²) in [7, 11) is 0. The van der Waals surface area contributed by atoms with Gasteiger partial charge in [0.15, 0.2) is 6.29 Å². The standard InChI is InChI=1S/C9H12N2OS.C8H12N2S/c12-7-8-5-10-9(13-8)6-11-3-1-2-4-11;1-2-5-10(4-1)7-8-9-3-6-11-8/h5,7H,1-4,6H2;3,6H,1-2,4-5,7H2. The molecule has 5 nitrogen and oxygen atoms in total. The molecule has 7 heteroatoms. The van der Waals surface area contributed by atoms with Gasteiger partial charge < -0.3 is 0 Å². The second-order valence-corrected chi connectivity index (χ2v) is 8.29. The molecule has 0 unspecified atom stereocenters. The maximum Gasteiger partial charge on any atom is 0.161 e. The summed E-state index contributed by atoms with van der Waals surface area (Å²) in [5.41, 5.74) is 0. The summed E-state index contributed by atoms with van der Waals surface area (Å²) in [5.74, 6) is 0. The summed E-state index contributed by atoms with van der Waals surface area (Å²) < 4.78 is 0. The number of rotatable bonds is 5. The maximum absolute atomic E-state index is 10.4. The molecule has 0 radical (unpaired) electrons. The van der Waals surface area contributed by atoms with Crippen LogP contribution in [-0.4, -0.2) is 52.2 Å². The predicted octanol–water partition coefficient (Wildman–Crippen LogP) is 3.29. The highest BCUT2D eigenvalue weighted by atomic mass is 32.1. The summed E-state index contributed by atoms with van der Waals surface area (Å²) in [6.45, 7) is 6.86. The normalized spacial score (nSPS) is 18.5. The molecule has 0 N–H and O–H groups in total. The zero-order chi connectivity index (χ0) is 16.6. The molecule has 4 rings (SSSR count). The van der Waals surface area contributed by atoms with Crippen LogP contribution in [0.25, 0.3) is 0 Å². The number of likely N-dealkylation sites (tertiary alicyclic amines) is 2. The number of nitrogens with zero attached hydrogens (tertiary/aromatic N) is 4. The smallest absolute Gasteiger partial charge is 0.161 e. The van der Waals surface area contributed by atoms with Crippen LogP contribution in [0.3, 0.4) is 0 Å². The molecule has 0 atom stereocenters. The molecule has 2 saturated heterocycles. The van der Waals surface area contributed by atoms with Gasteiger partial charge in [-0.3, -0.25) is 14.6 Å². The highest BCUT2D eigenvalue weighted by Gasteiger charge is 2.13. The van der Waals surface area contributed by atoms with Gasteiger partial charge in [0.1, 0.15) is 10.0 Å². The third kappa shape index (κ3) is 5.44. The van der Waals surface area contributed by atoms with Gasteiger partial charge in [-0.05, 0) is 51.9 Å². The Balaban J connectivity index is 0.000000143. The van der Waals surface area contributed by atoms with Gasteiger partial charge in [-0.1, -0.05) is 0 Å². The van der Waals surface area contributed by atoms with Crippen molar-refractivity contribution in [2.75, 3.05) is 26.2 Å². The van der Waals surface area contributed by atoms with Crippen LogP contribution in [0.4, 0.5) is 0 Å². The molecule has 4 heterocycles. The Bertz CT molecular complexity index is 602. The van der Waals surface area contributed by atoms with E-state index in [1.807, 2.05) is 11.6 Å². The highest BCUT2D eigenvalue weighted by Crippen LogP contribution is 2.16.